The van der Waals surface area contributed by atoms with Gasteiger partial charge in [-0.15, -0.1) is 0 Å². The minimum atomic E-state index is -0.517. The van der Waals surface area contributed by atoms with E-state index in [9.17, 15) is 13.6 Å². The number of rotatable bonds is 5. The van der Waals surface area contributed by atoms with E-state index in [0.29, 0.717) is 47.5 Å². The Morgan fingerprint density at radius 2 is 2.12 bits per heavy atom. The Balaban J connectivity index is 1.42. The molecule has 1 saturated heterocycles. The van der Waals surface area contributed by atoms with E-state index < -0.39 is 17.2 Å². The first kappa shape index (κ1) is 21.7. The van der Waals surface area contributed by atoms with Crippen molar-refractivity contribution in [3.63, 3.8) is 0 Å². The summed E-state index contributed by atoms with van der Waals surface area (Å²) in [5.41, 5.74) is 0.902. The molecule has 1 amide bonds. The molecule has 0 bridgehead atoms. The second-order valence-electron chi connectivity index (χ2n) is 9.05. The fourth-order valence-electron chi connectivity index (χ4n) is 5.72. The van der Waals surface area contributed by atoms with Crippen molar-refractivity contribution >= 4 is 17.1 Å². The number of H-pyrrole nitrogens is 1. The molecule has 3 atom stereocenters. The summed E-state index contributed by atoms with van der Waals surface area (Å²) < 4.78 is 34.4. The Morgan fingerprint density at radius 3 is 2.91 bits per heavy atom. The molecule has 1 saturated carbocycles. The molecule has 2 aliphatic rings. The van der Waals surface area contributed by atoms with Crippen molar-refractivity contribution < 1.29 is 18.3 Å². The molecule has 7 nitrogen and oxygen atoms in total. The molecule has 4 heterocycles. The summed E-state index contributed by atoms with van der Waals surface area (Å²) in [6.07, 6.45) is 8.32. The van der Waals surface area contributed by atoms with Crippen LogP contribution in [0.3, 0.4) is 0 Å². The maximum Gasteiger partial charge on any atom is 0.410 e. The first-order chi connectivity index (χ1) is 15.9. The van der Waals surface area contributed by atoms with Crippen LogP contribution in [0.5, 0.6) is 0 Å². The number of carbonyl (C=O) groups excluding carboxylic acids is 1. The third kappa shape index (κ3) is 3.73. The molecule has 33 heavy (non-hydrogen) atoms. The van der Waals surface area contributed by atoms with Gasteiger partial charge in [0.15, 0.2) is 11.6 Å². The molecule has 9 heteroatoms. The van der Waals surface area contributed by atoms with Gasteiger partial charge in [0.2, 0.25) is 0 Å². The predicted octanol–water partition coefficient (Wildman–Crippen LogP) is 5.02. The van der Waals surface area contributed by atoms with Crippen molar-refractivity contribution in [3.05, 3.63) is 42.0 Å². The van der Waals surface area contributed by atoms with E-state index in [4.69, 9.17) is 4.74 Å². The summed E-state index contributed by atoms with van der Waals surface area (Å²) in [5, 5.41) is 0.549. The van der Waals surface area contributed by atoms with Crippen LogP contribution in [-0.4, -0.2) is 49.1 Å². The summed E-state index contributed by atoms with van der Waals surface area (Å²) in [6, 6.07) is 1.40. The van der Waals surface area contributed by atoms with Crippen molar-refractivity contribution in [1.82, 2.24) is 24.8 Å². The third-order valence-electron chi connectivity index (χ3n) is 7.12. The maximum atomic E-state index is 14.7. The van der Waals surface area contributed by atoms with Crippen LogP contribution in [0.4, 0.5) is 13.6 Å². The van der Waals surface area contributed by atoms with E-state index in [0.717, 1.165) is 31.9 Å². The molecule has 1 aliphatic heterocycles. The van der Waals surface area contributed by atoms with Gasteiger partial charge in [-0.05, 0) is 57.4 Å². The first-order valence-electron chi connectivity index (χ1n) is 11.6. The number of carbonyl (C=O) groups is 1. The molecule has 2 fully saturated rings. The van der Waals surface area contributed by atoms with Crippen LogP contribution in [0.1, 0.15) is 51.6 Å². The Bertz CT molecular complexity index is 1200. The van der Waals surface area contributed by atoms with Gasteiger partial charge in [-0.25, -0.2) is 28.5 Å². The van der Waals surface area contributed by atoms with Gasteiger partial charge in [0, 0.05) is 23.7 Å². The highest BCUT2D eigenvalue weighted by Crippen LogP contribution is 2.45. The lowest BCUT2D eigenvalue weighted by Gasteiger charge is -2.40. The molecule has 5 rings (SSSR count). The Morgan fingerprint density at radius 1 is 1.27 bits per heavy atom. The Hall–Kier alpha value is -3.10. The first-order valence-corrected chi connectivity index (χ1v) is 11.6. The zero-order valence-electron chi connectivity index (χ0n) is 18.8. The SMILES string of the molecule is CC[C@H]1N(CC)C(=O)O[C@@]12CCC[C@H](Cc1nc(-c3c[nH]c4ncc(F)cc34)ncc1F)C2. The van der Waals surface area contributed by atoms with Crippen molar-refractivity contribution in [3.8, 4) is 11.4 Å². The van der Waals surface area contributed by atoms with Crippen LogP contribution in [0, 0.1) is 17.6 Å². The molecular formula is C24H27F2N5O2. The monoisotopic (exact) mass is 455 g/mol. The lowest BCUT2D eigenvalue weighted by molar-refractivity contribution is -0.0177. The van der Waals surface area contributed by atoms with E-state index in [1.165, 1.54) is 12.3 Å². The van der Waals surface area contributed by atoms with Crippen molar-refractivity contribution in [1.29, 1.82) is 0 Å². The van der Waals surface area contributed by atoms with Crippen LogP contribution in [0.15, 0.2) is 24.7 Å². The summed E-state index contributed by atoms with van der Waals surface area (Å²) in [6.45, 7) is 4.66. The number of pyridine rings is 1. The van der Waals surface area contributed by atoms with Gasteiger partial charge in [-0.3, -0.25) is 0 Å². The van der Waals surface area contributed by atoms with Gasteiger partial charge < -0.3 is 14.6 Å². The van der Waals surface area contributed by atoms with Gasteiger partial charge in [0.05, 0.1) is 24.1 Å². The highest BCUT2D eigenvalue weighted by molar-refractivity contribution is 5.91. The predicted molar refractivity (Wildman–Crippen MR) is 118 cm³/mol. The highest BCUT2D eigenvalue weighted by Gasteiger charge is 2.54. The number of nitrogens with zero attached hydrogens (tertiary/aromatic N) is 4. The van der Waals surface area contributed by atoms with E-state index >= 15 is 0 Å². The summed E-state index contributed by atoms with van der Waals surface area (Å²) >= 11 is 0. The second-order valence-corrected chi connectivity index (χ2v) is 9.05. The number of nitrogens with one attached hydrogen (secondary N) is 1. The molecule has 3 aromatic heterocycles. The van der Waals surface area contributed by atoms with E-state index in [2.05, 4.69) is 26.9 Å². The van der Waals surface area contributed by atoms with Crippen molar-refractivity contribution in [2.45, 2.75) is 64.0 Å². The quantitative estimate of drug-likeness (QED) is 0.584. The van der Waals surface area contributed by atoms with Gasteiger partial charge in [0.25, 0.3) is 0 Å². The number of amides is 1. The fourth-order valence-corrected chi connectivity index (χ4v) is 5.72. The number of hydrogen-bond acceptors (Lipinski definition) is 5. The summed E-state index contributed by atoms with van der Waals surface area (Å²) in [4.78, 5) is 30.0. The molecule has 1 N–H and O–H groups in total. The minimum Gasteiger partial charge on any atom is -0.441 e. The number of fused-ring (bicyclic) bond motifs is 1. The van der Waals surface area contributed by atoms with Gasteiger partial charge >= 0.3 is 6.09 Å². The van der Waals surface area contributed by atoms with Crippen molar-refractivity contribution in [2.75, 3.05) is 6.54 Å². The summed E-state index contributed by atoms with van der Waals surface area (Å²) in [5.74, 6) is -0.465. The maximum absolute atomic E-state index is 14.7. The largest absolute Gasteiger partial charge is 0.441 e. The number of ether oxygens (including phenoxy) is 1. The molecule has 0 unspecified atom stereocenters. The van der Waals surface area contributed by atoms with E-state index in [1.807, 2.05) is 11.8 Å². The average Bonchev–Trinajstić information content (AvgIpc) is 3.32. The molecule has 0 aromatic carbocycles. The number of hydrogen-bond donors (Lipinski definition) is 1. The number of likely N-dealkylation sites (N-methyl/N-ethyl adjacent to an activating group) is 1. The zero-order chi connectivity index (χ0) is 23.2. The van der Waals surface area contributed by atoms with Gasteiger partial charge in [0.1, 0.15) is 17.1 Å². The zero-order valence-corrected chi connectivity index (χ0v) is 18.8. The highest BCUT2D eigenvalue weighted by atomic mass is 19.1. The van der Waals surface area contributed by atoms with E-state index in [1.54, 1.807) is 6.20 Å². The normalized spacial score (nSPS) is 25.2. The van der Waals surface area contributed by atoms with Crippen LogP contribution >= 0.6 is 0 Å². The van der Waals surface area contributed by atoms with Crippen LogP contribution in [-0.2, 0) is 11.2 Å². The van der Waals surface area contributed by atoms with E-state index in [-0.39, 0.29) is 18.1 Å². The third-order valence-corrected chi connectivity index (χ3v) is 7.12. The van der Waals surface area contributed by atoms with Gasteiger partial charge in [-0.1, -0.05) is 6.92 Å². The van der Waals surface area contributed by atoms with Crippen LogP contribution < -0.4 is 0 Å². The second kappa shape index (κ2) is 8.35. The molecular weight excluding hydrogens is 428 g/mol. The molecule has 3 aromatic rings. The molecule has 0 radical (unpaired) electrons. The smallest absolute Gasteiger partial charge is 0.410 e. The summed E-state index contributed by atoms with van der Waals surface area (Å²) in [7, 11) is 0. The molecule has 174 valence electrons. The standard InChI is InChI=1S/C24H27F2N5O2/c1-3-20-24(33-23(32)31(20)4-2)7-5-6-14(10-24)8-19-18(26)13-29-22(30-19)17-12-28-21-16(17)9-15(25)11-27-21/h9,11-14,20H,3-8,10H2,1-2H3,(H,27,28)/t14-,20-,24-/m1/s1. The van der Waals surface area contributed by atoms with Crippen LogP contribution in [0.2, 0.25) is 0 Å². The average molecular weight is 456 g/mol. The minimum absolute atomic E-state index is 0.0391. The lowest BCUT2D eigenvalue weighted by atomic mass is 9.72. The Kier molecular flexibility index (Phi) is 5.50. The van der Waals surface area contributed by atoms with Crippen molar-refractivity contribution in [2.24, 2.45) is 5.92 Å². The number of halogens is 2. The fraction of sp³-hybridized carbons (Fsp3) is 0.500. The number of aromatic nitrogens is 4. The molecule has 1 aliphatic carbocycles. The lowest BCUT2D eigenvalue weighted by Crippen LogP contribution is -2.48. The Labute approximate surface area is 190 Å². The van der Waals surface area contributed by atoms with Crippen LogP contribution in [0.25, 0.3) is 22.4 Å². The topological polar surface area (TPSA) is 84.0 Å². The number of aromatic amines is 1. The van der Waals surface area contributed by atoms with Gasteiger partial charge in [-0.2, -0.15) is 0 Å². The molecule has 1 spiro atoms.